The van der Waals surface area contributed by atoms with Gasteiger partial charge in [0.1, 0.15) is 5.82 Å². The number of rotatable bonds is 4. The summed E-state index contributed by atoms with van der Waals surface area (Å²) in [7, 11) is 0. The Morgan fingerprint density at radius 1 is 1.25 bits per heavy atom. The van der Waals surface area contributed by atoms with Gasteiger partial charge in [0, 0.05) is 36.6 Å². The van der Waals surface area contributed by atoms with E-state index in [2.05, 4.69) is 16.4 Å². The standard InChI is InChI=1S/C20H19F3N4O/c1-13(28)17-4-2-14(11-24)10-18(17)26-16-6-8-27(9-7-16)19-5-3-15(12-25-19)20(21,22)23/h2-5,10,12,16,26H,6-9H2,1H3. The molecule has 1 fully saturated rings. The third-order valence-electron chi connectivity index (χ3n) is 4.78. The molecule has 2 aromatic rings. The summed E-state index contributed by atoms with van der Waals surface area (Å²) in [6, 6.07) is 9.51. The van der Waals surface area contributed by atoms with Crippen molar-refractivity contribution >= 4 is 17.3 Å². The monoisotopic (exact) mass is 388 g/mol. The lowest BCUT2D eigenvalue weighted by atomic mass is 10.0. The SMILES string of the molecule is CC(=O)c1ccc(C#N)cc1NC1CCN(c2ccc(C(F)(F)F)cn2)CC1. The van der Waals surface area contributed by atoms with Crippen molar-refractivity contribution in [3.8, 4) is 6.07 Å². The van der Waals surface area contributed by atoms with E-state index >= 15 is 0 Å². The predicted octanol–water partition coefficient (Wildman–Crippen LogP) is 4.26. The average molecular weight is 388 g/mol. The van der Waals surface area contributed by atoms with Gasteiger partial charge in [-0.15, -0.1) is 0 Å². The second-order valence-electron chi connectivity index (χ2n) is 6.74. The Morgan fingerprint density at radius 3 is 2.50 bits per heavy atom. The Morgan fingerprint density at radius 2 is 1.96 bits per heavy atom. The molecule has 0 radical (unpaired) electrons. The van der Waals surface area contributed by atoms with Gasteiger partial charge < -0.3 is 10.2 Å². The van der Waals surface area contributed by atoms with Gasteiger partial charge in [-0.1, -0.05) is 0 Å². The molecule has 28 heavy (non-hydrogen) atoms. The highest BCUT2D eigenvalue weighted by molar-refractivity contribution is 5.99. The van der Waals surface area contributed by atoms with Crippen LogP contribution in [0.25, 0.3) is 0 Å². The third-order valence-corrected chi connectivity index (χ3v) is 4.78. The van der Waals surface area contributed by atoms with Gasteiger partial charge in [0.25, 0.3) is 0 Å². The summed E-state index contributed by atoms with van der Waals surface area (Å²) in [5.74, 6) is 0.431. The molecule has 0 amide bonds. The molecule has 0 aliphatic carbocycles. The van der Waals surface area contributed by atoms with Gasteiger partial charge in [0.15, 0.2) is 5.78 Å². The van der Waals surface area contributed by atoms with Crippen LogP contribution < -0.4 is 10.2 Å². The van der Waals surface area contributed by atoms with Gasteiger partial charge in [0.05, 0.1) is 17.2 Å². The smallest absolute Gasteiger partial charge is 0.382 e. The zero-order chi connectivity index (χ0) is 20.3. The minimum atomic E-state index is -4.39. The molecule has 3 rings (SSSR count). The average Bonchev–Trinajstić information content (AvgIpc) is 2.67. The van der Waals surface area contributed by atoms with E-state index in [1.54, 1.807) is 18.2 Å². The van der Waals surface area contributed by atoms with Gasteiger partial charge in [-0.2, -0.15) is 18.4 Å². The minimum Gasteiger partial charge on any atom is -0.382 e. The molecule has 1 saturated heterocycles. The van der Waals surface area contributed by atoms with Crippen molar-refractivity contribution in [2.45, 2.75) is 32.0 Å². The normalized spacial score (nSPS) is 15.2. The fourth-order valence-electron chi connectivity index (χ4n) is 3.25. The van der Waals surface area contributed by atoms with E-state index in [9.17, 15) is 18.0 Å². The van der Waals surface area contributed by atoms with Crippen molar-refractivity contribution in [1.29, 1.82) is 5.26 Å². The molecule has 0 bridgehead atoms. The second-order valence-corrected chi connectivity index (χ2v) is 6.74. The second kappa shape index (κ2) is 7.89. The number of nitrogens with zero attached hydrogens (tertiary/aromatic N) is 3. The van der Waals surface area contributed by atoms with E-state index in [0.717, 1.165) is 25.1 Å². The van der Waals surface area contributed by atoms with Gasteiger partial charge >= 0.3 is 6.18 Å². The van der Waals surface area contributed by atoms with Gasteiger partial charge in [-0.3, -0.25) is 4.79 Å². The maximum Gasteiger partial charge on any atom is 0.417 e. The van der Waals surface area contributed by atoms with Crippen molar-refractivity contribution in [2.75, 3.05) is 23.3 Å². The van der Waals surface area contributed by atoms with Crippen LogP contribution in [-0.2, 0) is 6.18 Å². The molecule has 1 aromatic carbocycles. The summed E-state index contributed by atoms with van der Waals surface area (Å²) in [6.45, 7) is 2.73. The van der Waals surface area contributed by atoms with E-state index in [0.29, 0.717) is 35.7 Å². The Kier molecular flexibility index (Phi) is 5.54. The first-order valence-electron chi connectivity index (χ1n) is 8.88. The van der Waals surface area contributed by atoms with Crippen molar-refractivity contribution < 1.29 is 18.0 Å². The first-order valence-corrected chi connectivity index (χ1v) is 8.88. The Labute approximate surface area is 160 Å². The molecule has 0 atom stereocenters. The van der Waals surface area contributed by atoms with Crippen molar-refractivity contribution in [3.05, 3.63) is 53.2 Å². The highest BCUT2D eigenvalue weighted by Crippen LogP contribution is 2.30. The number of anilines is 2. The van der Waals surface area contributed by atoms with Crippen LogP contribution in [-0.4, -0.2) is 29.9 Å². The van der Waals surface area contributed by atoms with Crippen LogP contribution in [0.3, 0.4) is 0 Å². The lowest BCUT2D eigenvalue weighted by Crippen LogP contribution is -2.39. The van der Waals surface area contributed by atoms with Gasteiger partial charge in [-0.05, 0) is 50.1 Å². The maximum absolute atomic E-state index is 12.7. The van der Waals surface area contributed by atoms with Crippen LogP contribution in [0, 0.1) is 11.3 Å². The third kappa shape index (κ3) is 4.42. The Balaban J connectivity index is 1.65. The van der Waals surface area contributed by atoms with Crippen LogP contribution in [0.1, 0.15) is 41.3 Å². The number of nitrogens with one attached hydrogen (secondary N) is 1. The zero-order valence-electron chi connectivity index (χ0n) is 15.3. The van der Waals surface area contributed by atoms with Crippen LogP contribution in [0.15, 0.2) is 36.5 Å². The molecule has 146 valence electrons. The number of Topliss-reactive ketones (excluding diaryl/α,β-unsaturated/α-hetero) is 1. The van der Waals surface area contributed by atoms with Gasteiger partial charge in [-0.25, -0.2) is 4.98 Å². The fraction of sp³-hybridized carbons (Fsp3) is 0.350. The van der Waals surface area contributed by atoms with E-state index < -0.39 is 11.7 Å². The van der Waals surface area contributed by atoms with Crippen molar-refractivity contribution in [1.82, 2.24) is 4.98 Å². The molecule has 0 saturated carbocycles. The number of benzene rings is 1. The first-order chi connectivity index (χ1) is 13.3. The highest BCUT2D eigenvalue weighted by atomic mass is 19.4. The molecule has 0 unspecified atom stereocenters. The minimum absolute atomic E-state index is 0.0848. The molecule has 2 heterocycles. The molecule has 5 nitrogen and oxygen atoms in total. The number of piperidine rings is 1. The summed E-state index contributed by atoms with van der Waals surface area (Å²) in [6.07, 6.45) is -2.07. The molecule has 1 aromatic heterocycles. The molecular weight excluding hydrogens is 369 g/mol. The summed E-state index contributed by atoms with van der Waals surface area (Å²) in [5, 5.41) is 12.4. The summed E-state index contributed by atoms with van der Waals surface area (Å²) >= 11 is 0. The van der Waals surface area contributed by atoms with Crippen molar-refractivity contribution in [3.63, 3.8) is 0 Å². The highest BCUT2D eigenvalue weighted by Gasteiger charge is 2.31. The number of pyridine rings is 1. The first kappa shape index (κ1) is 19.7. The zero-order valence-corrected chi connectivity index (χ0v) is 15.3. The van der Waals surface area contributed by atoms with E-state index in [4.69, 9.17) is 5.26 Å². The fourth-order valence-corrected chi connectivity index (χ4v) is 3.25. The number of hydrogen-bond donors (Lipinski definition) is 1. The van der Waals surface area contributed by atoms with E-state index in [1.165, 1.54) is 13.0 Å². The molecule has 1 aliphatic rings. The number of hydrogen-bond acceptors (Lipinski definition) is 5. The lowest BCUT2D eigenvalue weighted by Gasteiger charge is -2.34. The number of carbonyl (C=O) groups excluding carboxylic acids is 1. The molecule has 0 spiro atoms. The number of halogens is 3. The number of aromatic nitrogens is 1. The van der Waals surface area contributed by atoms with Crippen LogP contribution in [0.4, 0.5) is 24.7 Å². The summed E-state index contributed by atoms with van der Waals surface area (Å²) in [4.78, 5) is 17.7. The molecular formula is C20H19F3N4O. The summed E-state index contributed by atoms with van der Waals surface area (Å²) in [5.41, 5.74) is 0.879. The van der Waals surface area contributed by atoms with Crippen LogP contribution in [0.5, 0.6) is 0 Å². The lowest BCUT2D eigenvalue weighted by molar-refractivity contribution is -0.137. The largest absolute Gasteiger partial charge is 0.417 e. The molecule has 1 aliphatic heterocycles. The Bertz CT molecular complexity index is 895. The van der Waals surface area contributed by atoms with E-state index in [1.807, 2.05) is 4.90 Å². The molecule has 8 heteroatoms. The quantitative estimate of drug-likeness (QED) is 0.793. The maximum atomic E-state index is 12.7. The number of ketones is 1. The topological polar surface area (TPSA) is 69.0 Å². The van der Waals surface area contributed by atoms with E-state index in [-0.39, 0.29) is 11.8 Å². The number of alkyl halides is 3. The van der Waals surface area contributed by atoms with Crippen molar-refractivity contribution in [2.24, 2.45) is 0 Å². The number of nitriles is 1. The molecule has 1 N–H and O–H groups in total. The number of carbonyl (C=O) groups is 1. The summed E-state index contributed by atoms with van der Waals surface area (Å²) < 4.78 is 38.0. The van der Waals surface area contributed by atoms with Crippen LogP contribution >= 0.6 is 0 Å². The Hall–Kier alpha value is -3.08. The van der Waals surface area contributed by atoms with Crippen LogP contribution in [0.2, 0.25) is 0 Å². The van der Waals surface area contributed by atoms with Gasteiger partial charge in [0.2, 0.25) is 0 Å². The predicted molar refractivity (Wildman–Crippen MR) is 99.3 cm³/mol.